The monoisotopic (exact) mass is 770 g/mol. The molecule has 0 N–H and O–H groups in total. The molecule has 2 aliphatic rings. The van der Waals surface area contributed by atoms with E-state index in [9.17, 15) is 0 Å². The van der Waals surface area contributed by atoms with Crippen molar-refractivity contribution in [3.8, 4) is 33.8 Å². The Morgan fingerprint density at radius 1 is 0.407 bits per heavy atom. The zero-order valence-electron chi connectivity index (χ0n) is 32.0. The highest BCUT2D eigenvalue weighted by Crippen LogP contribution is 2.45. The standard InChI is InChI=1S/C54H35BN2OS/c1-5-14-36(15-6-1)38-24-27-42(28-25-38)57-48-31-26-39(37-16-7-2-8-17-37)32-46(48)55-47-35-53-45(34-51(47)58-50-23-13-22-49(57)54(50)55)44-30-29-43(33-52(44)59-53)56(40-18-9-3-10-19-40)41-20-11-4-12-21-41/h1-35H. The molecule has 3 nitrogen and oxygen atoms in total. The minimum Gasteiger partial charge on any atom is -0.458 e. The van der Waals surface area contributed by atoms with Crippen molar-refractivity contribution in [1.29, 1.82) is 0 Å². The third kappa shape index (κ3) is 5.58. The normalized spacial score (nSPS) is 12.5. The molecule has 0 atom stereocenters. The summed E-state index contributed by atoms with van der Waals surface area (Å²) in [6.45, 7) is -0.0136. The summed E-state index contributed by atoms with van der Waals surface area (Å²) in [5.41, 5.74) is 15.3. The van der Waals surface area contributed by atoms with Crippen LogP contribution in [-0.4, -0.2) is 6.71 Å². The zero-order valence-corrected chi connectivity index (χ0v) is 32.8. The fourth-order valence-electron chi connectivity index (χ4n) is 9.21. The van der Waals surface area contributed by atoms with Crippen molar-refractivity contribution >= 4 is 88.7 Å². The van der Waals surface area contributed by atoms with Gasteiger partial charge in [-0.05, 0) is 118 Å². The molecular formula is C54H35BN2OS. The minimum atomic E-state index is -0.0136. The topological polar surface area (TPSA) is 15.7 Å². The summed E-state index contributed by atoms with van der Waals surface area (Å²) >= 11 is 1.86. The fourth-order valence-corrected chi connectivity index (χ4v) is 10.4. The van der Waals surface area contributed by atoms with Crippen molar-refractivity contribution in [1.82, 2.24) is 0 Å². The van der Waals surface area contributed by atoms with Gasteiger partial charge in [-0.3, -0.25) is 0 Å². The second kappa shape index (κ2) is 13.7. The summed E-state index contributed by atoms with van der Waals surface area (Å²) in [4.78, 5) is 4.76. The molecule has 0 amide bonds. The number of anilines is 6. The number of nitrogens with zero attached hydrogens (tertiary/aromatic N) is 2. The summed E-state index contributed by atoms with van der Waals surface area (Å²) in [5.74, 6) is 1.83. The number of rotatable bonds is 6. The van der Waals surface area contributed by atoms with E-state index in [0.717, 1.165) is 39.9 Å². The van der Waals surface area contributed by atoms with Gasteiger partial charge in [0.05, 0.1) is 0 Å². The first-order valence-corrected chi connectivity index (χ1v) is 20.9. The van der Waals surface area contributed by atoms with E-state index in [-0.39, 0.29) is 6.71 Å². The molecule has 276 valence electrons. The maximum absolute atomic E-state index is 6.99. The molecule has 12 rings (SSSR count). The van der Waals surface area contributed by atoms with E-state index in [4.69, 9.17) is 4.74 Å². The molecular weight excluding hydrogens is 735 g/mol. The lowest BCUT2D eigenvalue weighted by atomic mass is 9.34. The zero-order chi connectivity index (χ0) is 38.9. The van der Waals surface area contributed by atoms with Crippen LogP contribution in [0.4, 0.5) is 34.1 Å². The van der Waals surface area contributed by atoms with E-state index in [2.05, 4.69) is 222 Å². The highest BCUT2D eigenvalue weighted by molar-refractivity contribution is 7.26. The van der Waals surface area contributed by atoms with Crippen molar-refractivity contribution in [3.63, 3.8) is 0 Å². The lowest BCUT2D eigenvalue weighted by Crippen LogP contribution is -2.59. The molecule has 10 aromatic rings. The number of hydrogen-bond donors (Lipinski definition) is 0. The van der Waals surface area contributed by atoms with Crippen LogP contribution < -0.4 is 30.9 Å². The Kier molecular flexibility index (Phi) is 7.82. The molecule has 5 heteroatoms. The molecule has 0 fully saturated rings. The highest BCUT2D eigenvalue weighted by Gasteiger charge is 2.42. The molecule has 0 saturated carbocycles. The van der Waals surface area contributed by atoms with Gasteiger partial charge in [-0.15, -0.1) is 11.3 Å². The van der Waals surface area contributed by atoms with Gasteiger partial charge in [0.1, 0.15) is 11.5 Å². The van der Waals surface area contributed by atoms with Crippen molar-refractivity contribution in [2.45, 2.75) is 0 Å². The van der Waals surface area contributed by atoms with Gasteiger partial charge in [0.15, 0.2) is 0 Å². The van der Waals surface area contributed by atoms with Crippen molar-refractivity contribution in [2.75, 3.05) is 9.80 Å². The second-order valence-corrected chi connectivity index (χ2v) is 16.4. The lowest BCUT2D eigenvalue weighted by Gasteiger charge is -2.40. The van der Waals surface area contributed by atoms with Crippen molar-refractivity contribution < 1.29 is 4.74 Å². The molecule has 0 spiro atoms. The molecule has 1 aromatic heterocycles. The largest absolute Gasteiger partial charge is 0.458 e. The predicted octanol–water partition coefficient (Wildman–Crippen LogP) is 13.3. The van der Waals surface area contributed by atoms with E-state index in [1.807, 2.05) is 11.3 Å². The van der Waals surface area contributed by atoms with Crippen LogP contribution in [0.25, 0.3) is 42.4 Å². The Morgan fingerprint density at radius 3 is 1.71 bits per heavy atom. The number of thiophene rings is 1. The molecule has 59 heavy (non-hydrogen) atoms. The van der Waals surface area contributed by atoms with Gasteiger partial charge in [0.25, 0.3) is 6.71 Å². The Balaban J connectivity index is 1.02. The van der Waals surface area contributed by atoms with Crippen LogP contribution in [0.3, 0.4) is 0 Å². The molecule has 3 heterocycles. The van der Waals surface area contributed by atoms with Crippen molar-refractivity contribution in [3.05, 3.63) is 212 Å². The number of hydrogen-bond acceptors (Lipinski definition) is 4. The van der Waals surface area contributed by atoms with E-state index in [0.29, 0.717) is 0 Å². The van der Waals surface area contributed by atoms with Gasteiger partial charge in [-0.2, -0.15) is 0 Å². The second-order valence-electron chi connectivity index (χ2n) is 15.3. The van der Waals surface area contributed by atoms with Crippen LogP contribution >= 0.6 is 11.3 Å². The Morgan fingerprint density at radius 2 is 1.02 bits per heavy atom. The van der Waals surface area contributed by atoms with Crippen LogP contribution in [0.1, 0.15) is 0 Å². The number of benzene rings is 9. The predicted molar refractivity (Wildman–Crippen MR) is 251 cm³/mol. The van der Waals surface area contributed by atoms with Crippen LogP contribution in [0.15, 0.2) is 212 Å². The number of ether oxygens (including phenoxy) is 1. The minimum absolute atomic E-state index is 0.0136. The highest BCUT2D eigenvalue weighted by atomic mass is 32.1. The van der Waals surface area contributed by atoms with E-state index < -0.39 is 0 Å². The number of fused-ring (bicyclic) bond motifs is 7. The Bertz CT molecular complexity index is 3150. The summed E-state index contributed by atoms with van der Waals surface area (Å²) in [5, 5.41) is 2.45. The first kappa shape index (κ1) is 33.8. The van der Waals surface area contributed by atoms with Gasteiger partial charge in [0.2, 0.25) is 0 Å². The van der Waals surface area contributed by atoms with Gasteiger partial charge in [-0.1, -0.05) is 133 Å². The maximum Gasteiger partial charge on any atom is 0.256 e. The third-order valence-electron chi connectivity index (χ3n) is 11.9. The summed E-state index contributed by atoms with van der Waals surface area (Å²) < 4.78 is 9.49. The van der Waals surface area contributed by atoms with Gasteiger partial charge >= 0.3 is 0 Å². The Hall–Kier alpha value is -7.34. The molecule has 0 radical (unpaired) electrons. The maximum atomic E-state index is 6.99. The SMILES string of the molecule is c1ccc(-c2ccc(N3c4ccc(-c5ccccc5)cc4B4c5cc6sc7cc(N(c8ccccc8)c8ccccc8)ccc7c6cc5Oc5cccc3c54)cc2)cc1. The van der Waals surface area contributed by atoms with Crippen LogP contribution in [0.2, 0.25) is 0 Å². The molecule has 0 aliphatic carbocycles. The van der Waals surface area contributed by atoms with Crippen LogP contribution in [0.5, 0.6) is 11.5 Å². The van der Waals surface area contributed by atoms with Gasteiger partial charge in [-0.25, -0.2) is 0 Å². The number of para-hydroxylation sites is 2. The quantitative estimate of drug-likeness (QED) is 0.157. The average molecular weight is 771 g/mol. The van der Waals surface area contributed by atoms with Crippen LogP contribution in [0, 0.1) is 0 Å². The smallest absolute Gasteiger partial charge is 0.256 e. The molecule has 0 bridgehead atoms. The summed E-state index contributed by atoms with van der Waals surface area (Å²) in [6, 6.07) is 76.6. The molecule has 2 aliphatic heterocycles. The van der Waals surface area contributed by atoms with Gasteiger partial charge in [0, 0.05) is 54.3 Å². The first-order valence-electron chi connectivity index (χ1n) is 20.1. The summed E-state index contributed by atoms with van der Waals surface area (Å²) in [6.07, 6.45) is 0. The average Bonchev–Trinajstić information content (AvgIpc) is 3.66. The fraction of sp³-hybridized carbons (Fsp3) is 0. The van der Waals surface area contributed by atoms with Crippen molar-refractivity contribution in [2.24, 2.45) is 0 Å². The molecule has 0 saturated heterocycles. The lowest BCUT2D eigenvalue weighted by molar-refractivity contribution is 0.488. The van der Waals surface area contributed by atoms with E-state index in [1.54, 1.807) is 0 Å². The van der Waals surface area contributed by atoms with E-state index in [1.165, 1.54) is 64.5 Å². The van der Waals surface area contributed by atoms with E-state index >= 15 is 0 Å². The molecule has 9 aromatic carbocycles. The first-order chi connectivity index (χ1) is 29.2. The van der Waals surface area contributed by atoms with Gasteiger partial charge < -0.3 is 14.5 Å². The third-order valence-corrected chi connectivity index (χ3v) is 13.0. The Labute approximate surface area is 347 Å². The summed E-state index contributed by atoms with van der Waals surface area (Å²) in [7, 11) is 0. The molecule has 0 unspecified atom stereocenters. The van der Waals surface area contributed by atoms with Crippen LogP contribution in [-0.2, 0) is 0 Å².